The lowest BCUT2D eigenvalue weighted by atomic mass is 10.2. The number of carbonyl (C=O) groups is 4. The molecule has 0 aliphatic rings. The summed E-state index contributed by atoms with van der Waals surface area (Å²) in [6.45, 7) is 3.80. The summed E-state index contributed by atoms with van der Waals surface area (Å²) in [7, 11) is 0. The van der Waals surface area contributed by atoms with Crippen molar-refractivity contribution in [3.05, 3.63) is 0 Å². The molecule has 0 radical (unpaired) electrons. The number of rotatable bonds is 11. The van der Waals surface area contributed by atoms with Crippen molar-refractivity contribution in [1.29, 1.82) is 0 Å². The molecule has 0 atom stereocenters. The third-order valence-electron chi connectivity index (χ3n) is 2.79. The third kappa shape index (κ3) is 15.0. The molecule has 26 heavy (non-hydrogen) atoms. The van der Waals surface area contributed by atoms with Gasteiger partial charge in [-0.1, -0.05) is 13.8 Å². The van der Waals surface area contributed by atoms with Crippen molar-refractivity contribution < 1.29 is 48.2 Å². The third-order valence-corrected chi connectivity index (χ3v) is 2.79. The van der Waals surface area contributed by atoms with Crippen LogP contribution in [0.1, 0.15) is 65.2 Å². The maximum Gasteiger partial charge on any atom is 0.549 e. The zero-order chi connectivity index (χ0) is 19.6. The Balaban J connectivity index is 3.42. The Hall–Kier alpha value is -2.52. The van der Waals surface area contributed by atoms with Crippen LogP contribution in [-0.2, 0) is 38.6 Å². The fourth-order valence-corrected chi connectivity index (χ4v) is 1.57. The highest BCUT2D eigenvalue weighted by atomic mass is 17.2. The van der Waals surface area contributed by atoms with Crippen LogP contribution >= 0.6 is 0 Å². The highest BCUT2D eigenvalue weighted by Gasteiger charge is 2.11. The fourth-order valence-electron chi connectivity index (χ4n) is 1.57. The predicted octanol–water partition coefficient (Wildman–Crippen LogP) is 3.37. The van der Waals surface area contributed by atoms with E-state index in [0.717, 1.165) is 0 Å². The Morgan fingerprint density at radius 3 is 1.31 bits per heavy atom. The highest BCUT2D eigenvalue weighted by molar-refractivity contribution is 5.70. The van der Waals surface area contributed by atoms with Gasteiger partial charge < -0.3 is 9.47 Å². The topological polar surface area (TPSA) is 124 Å². The van der Waals surface area contributed by atoms with Crippen molar-refractivity contribution in [2.24, 2.45) is 0 Å². The van der Waals surface area contributed by atoms with Gasteiger partial charge in [-0.15, -0.1) is 0 Å². The van der Waals surface area contributed by atoms with Gasteiger partial charge in [-0.3, -0.25) is 0 Å². The van der Waals surface area contributed by atoms with E-state index in [4.69, 9.17) is 9.47 Å². The Kier molecular flexibility index (Phi) is 14.4. The van der Waals surface area contributed by atoms with E-state index in [2.05, 4.69) is 19.6 Å². The Labute approximate surface area is 151 Å². The van der Waals surface area contributed by atoms with Crippen molar-refractivity contribution >= 4 is 24.2 Å². The fraction of sp³-hybridized carbons (Fsp3) is 0.750. The van der Waals surface area contributed by atoms with Gasteiger partial charge in [0.25, 0.3) is 0 Å². The lowest BCUT2D eigenvalue weighted by molar-refractivity contribution is -0.243. The van der Waals surface area contributed by atoms with E-state index < -0.39 is 24.2 Å². The molecule has 0 aliphatic heterocycles. The van der Waals surface area contributed by atoms with E-state index in [0.29, 0.717) is 38.5 Å². The summed E-state index contributed by atoms with van der Waals surface area (Å²) in [6, 6.07) is 0. The molecule has 0 N–H and O–H groups in total. The minimum absolute atomic E-state index is 0.112. The molecule has 0 saturated heterocycles. The Bertz CT molecular complexity index is 395. The van der Waals surface area contributed by atoms with Gasteiger partial charge >= 0.3 is 24.2 Å². The number of hydrogen-bond acceptors (Lipinski definition) is 10. The molecular weight excluding hydrogens is 352 g/mol. The van der Waals surface area contributed by atoms with Crippen LogP contribution in [-0.4, -0.2) is 37.5 Å². The Morgan fingerprint density at radius 2 is 0.962 bits per heavy atom. The SMILES string of the molecule is CCCC(=O)OOC(=O)OCCCCCCOC(=O)OOC(=O)CCC. The van der Waals surface area contributed by atoms with E-state index in [1.54, 1.807) is 13.8 Å². The first-order valence-electron chi connectivity index (χ1n) is 8.57. The second-order valence-electron chi connectivity index (χ2n) is 5.19. The van der Waals surface area contributed by atoms with Crippen LogP contribution in [0.25, 0.3) is 0 Å². The molecule has 10 heteroatoms. The predicted molar refractivity (Wildman–Crippen MR) is 85.3 cm³/mol. The van der Waals surface area contributed by atoms with Crippen LogP contribution in [0.2, 0.25) is 0 Å². The van der Waals surface area contributed by atoms with Gasteiger partial charge in [-0.05, 0) is 38.5 Å². The monoisotopic (exact) mass is 378 g/mol. The molecule has 0 spiro atoms. The number of unbranched alkanes of at least 4 members (excludes halogenated alkanes) is 3. The highest BCUT2D eigenvalue weighted by Crippen LogP contribution is 2.03. The second kappa shape index (κ2) is 16.0. The molecule has 10 nitrogen and oxygen atoms in total. The van der Waals surface area contributed by atoms with E-state index in [-0.39, 0.29) is 26.1 Å². The van der Waals surface area contributed by atoms with Crippen molar-refractivity contribution in [1.82, 2.24) is 0 Å². The molecule has 0 heterocycles. The smallest absolute Gasteiger partial charge is 0.432 e. The van der Waals surface area contributed by atoms with Gasteiger partial charge in [0.15, 0.2) is 0 Å². The molecule has 0 saturated carbocycles. The molecule has 0 aromatic carbocycles. The van der Waals surface area contributed by atoms with Crippen LogP contribution in [0.5, 0.6) is 0 Å². The number of ether oxygens (including phenoxy) is 2. The van der Waals surface area contributed by atoms with E-state index in [9.17, 15) is 19.2 Å². The summed E-state index contributed by atoms with van der Waals surface area (Å²) in [5.41, 5.74) is 0. The average molecular weight is 378 g/mol. The molecule has 0 rings (SSSR count). The number of carbonyl (C=O) groups excluding carboxylic acids is 4. The van der Waals surface area contributed by atoms with Crippen LogP contribution in [0, 0.1) is 0 Å². The van der Waals surface area contributed by atoms with Gasteiger partial charge in [-0.2, -0.15) is 9.59 Å². The molecule has 0 aromatic rings. The van der Waals surface area contributed by atoms with Gasteiger partial charge in [0.1, 0.15) is 0 Å². The minimum atomic E-state index is -1.07. The van der Waals surface area contributed by atoms with E-state index >= 15 is 0 Å². The molecule has 0 bridgehead atoms. The quantitative estimate of drug-likeness (QED) is 0.229. The van der Waals surface area contributed by atoms with Gasteiger partial charge in [-0.25, -0.2) is 29.1 Å². The molecule has 150 valence electrons. The zero-order valence-electron chi connectivity index (χ0n) is 15.2. The molecule has 0 fully saturated rings. The molecule has 0 amide bonds. The molecule has 0 unspecified atom stereocenters. The maximum atomic E-state index is 11.1. The summed E-state index contributed by atoms with van der Waals surface area (Å²) in [4.78, 5) is 60.8. The van der Waals surface area contributed by atoms with Crippen LogP contribution in [0.4, 0.5) is 9.59 Å². The maximum absolute atomic E-state index is 11.1. The van der Waals surface area contributed by atoms with Crippen LogP contribution < -0.4 is 0 Å². The molecule has 0 aromatic heterocycles. The van der Waals surface area contributed by atoms with Gasteiger partial charge in [0.2, 0.25) is 0 Å². The minimum Gasteiger partial charge on any atom is -0.432 e. The first-order valence-corrected chi connectivity index (χ1v) is 8.57. The lowest BCUT2D eigenvalue weighted by Crippen LogP contribution is -2.13. The van der Waals surface area contributed by atoms with Crippen molar-refractivity contribution in [2.45, 2.75) is 65.2 Å². The standard InChI is InChI=1S/C16H26O10/c1-3-9-13(17)23-25-15(19)21-11-7-5-6-8-12-22-16(20)26-24-14(18)10-4-2/h3-12H2,1-2H3. The second-order valence-corrected chi connectivity index (χ2v) is 5.19. The summed E-state index contributed by atoms with van der Waals surface area (Å²) < 4.78 is 9.39. The van der Waals surface area contributed by atoms with E-state index in [1.807, 2.05) is 0 Å². The summed E-state index contributed by atoms with van der Waals surface area (Å²) in [5.74, 6) is -1.27. The van der Waals surface area contributed by atoms with Crippen LogP contribution in [0.3, 0.4) is 0 Å². The average Bonchev–Trinajstić information content (AvgIpc) is 2.61. The van der Waals surface area contributed by atoms with Crippen molar-refractivity contribution in [3.8, 4) is 0 Å². The van der Waals surface area contributed by atoms with Crippen LogP contribution in [0.15, 0.2) is 0 Å². The molecule has 0 aliphatic carbocycles. The summed E-state index contributed by atoms with van der Waals surface area (Å²) in [5, 5.41) is 0. The first kappa shape index (κ1) is 23.5. The largest absolute Gasteiger partial charge is 0.549 e. The van der Waals surface area contributed by atoms with Gasteiger partial charge in [0, 0.05) is 12.8 Å². The molecular formula is C16H26O10. The lowest BCUT2D eigenvalue weighted by Gasteiger charge is -2.05. The summed E-state index contributed by atoms with van der Waals surface area (Å²) >= 11 is 0. The summed E-state index contributed by atoms with van der Waals surface area (Å²) in [6.07, 6.45) is 1.91. The Morgan fingerprint density at radius 1 is 0.577 bits per heavy atom. The first-order chi connectivity index (χ1) is 12.5. The number of hydrogen-bond donors (Lipinski definition) is 0. The van der Waals surface area contributed by atoms with Crippen molar-refractivity contribution in [3.63, 3.8) is 0 Å². The zero-order valence-corrected chi connectivity index (χ0v) is 15.2. The van der Waals surface area contributed by atoms with Crippen molar-refractivity contribution in [2.75, 3.05) is 13.2 Å². The van der Waals surface area contributed by atoms with E-state index in [1.165, 1.54) is 0 Å². The van der Waals surface area contributed by atoms with Gasteiger partial charge in [0.05, 0.1) is 13.2 Å². The normalized spacial score (nSPS) is 9.77.